The number of aryl methyl sites for hydroxylation is 1. The molecule has 0 aliphatic carbocycles. The predicted octanol–water partition coefficient (Wildman–Crippen LogP) is -0.248. The van der Waals surface area contributed by atoms with Crippen LogP contribution >= 0.6 is 0 Å². The summed E-state index contributed by atoms with van der Waals surface area (Å²) in [5.74, 6) is -0.972. The maximum atomic E-state index is 11.8. The average molecular weight is 296 g/mol. The fourth-order valence-electron chi connectivity index (χ4n) is 2.22. The molecule has 1 aromatic heterocycles. The molecule has 2 rings (SSSR count). The van der Waals surface area contributed by atoms with Gasteiger partial charge in [0.1, 0.15) is 5.41 Å². The van der Waals surface area contributed by atoms with Crippen molar-refractivity contribution in [3.8, 4) is 0 Å². The summed E-state index contributed by atoms with van der Waals surface area (Å²) in [6, 6.07) is -0.921. The summed E-state index contributed by atoms with van der Waals surface area (Å²) in [4.78, 5) is 23.1. The molecule has 2 amide bonds. The molecule has 2 unspecified atom stereocenters. The van der Waals surface area contributed by atoms with Gasteiger partial charge in [0.05, 0.1) is 25.5 Å². The Kier molecular flexibility index (Phi) is 4.46. The minimum absolute atomic E-state index is 0.100. The fraction of sp³-hybridized carbons (Fsp3) is 0.615. The molecule has 3 N–H and O–H groups in total. The lowest BCUT2D eigenvalue weighted by Gasteiger charge is -2.25. The molecule has 1 aliphatic rings. The first-order valence-corrected chi connectivity index (χ1v) is 6.75. The lowest BCUT2D eigenvalue weighted by atomic mass is 9.85. The Bertz CT molecular complexity index is 530. The number of hydrogen-bond donors (Lipinski definition) is 3. The second-order valence-electron chi connectivity index (χ2n) is 5.46. The smallest absolute Gasteiger partial charge is 0.315 e. The van der Waals surface area contributed by atoms with E-state index in [4.69, 9.17) is 4.74 Å². The van der Waals surface area contributed by atoms with Gasteiger partial charge in [-0.25, -0.2) is 4.79 Å². The Balaban J connectivity index is 1.78. The Morgan fingerprint density at radius 1 is 1.62 bits per heavy atom. The lowest BCUT2D eigenvalue weighted by molar-refractivity contribution is -0.148. The van der Waals surface area contributed by atoms with Crippen molar-refractivity contribution in [2.75, 3.05) is 19.8 Å². The molecule has 1 aromatic rings. The molecule has 0 saturated carbocycles. The van der Waals surface area contributed by atoms with Gasteiger partial charge in [-0.3, -0.25) is 9.48 Å². The third-order valence-corrected chi connectivity index (χ3v) is 3.71. The SMILES string of the molecule is Cn1cc(CCNC(=O)NC2COCC2(C)C(=O)O)cn1. The second kappa shape index (κ2) is 6.13. The van der Waals surface area contributed by atoms with Crippen LogP contribution in [0.25, 0.3) is 0 Å². The minimum Gasteiger partial charge on any atom is -0.481 e. The van der Waals surface area contributed by atoms with Crippen molar-refractivity contribution in [3.05, 3.63) is 18.0 Å². The van der Waals surface area contributed by atoms with Gasteiger partial charge in [0, 0.05) is 19.8 Å². The van der Waals surface area contributed by atoms with Gasteiger partial charge in [-0.05, 0) is 18.9 Å². The standard InChI is InChI=1S/C13H20N4O4/c1-13(11(18)19)8-21-7-10(13)16-12(20)14-4-3-9-5-15-17(2)6-9/h5-6,10H,3-4,7-8H2,1-2H3,(H,18,19)(H2,14,16,20). The van der Waals surface area contributed by atoms with Crippen LogP contribution < -0.4 is 10.6 Å². The van der Waals surface area contributed by atoms with Crippen LogP contribution in [-0.2, 0) is 23.0 Å². The molecule has 0 radical (unpaired) electrons. The number of carboxylic acids is 1. The molecule has 1 saturated heterocycles. The van der Waals surface area contributed by atoms with Gasteiger partial charge < -0.3 is 20.5 Å². The topological polar surface area (TPSA) is 105 Å². The molecule has 0 spiro atoms. The van der Waals surface area contributed by atoms with E-state index in [0.717, 1.165) is 5.56 Å². The van der Waals surface area contributed by atoms with E-state index in [0.29, 0.717) is 13.0 Å². The maximum absolute atomic E-state index is 11.8. The van der Waals surface area contributed by atoms with Gasteiger partial charge in [0.2, 0.25) is 0 Å². The molecule has 116 valence electrons. The Morgan fingerprint density at radius 2 is 2.38 bits per heavy atom. The third kappa shape index (κ3) is 3.52. The number of aliphatic carboxylic acids is 1. The average Bonchev–Trinajstić information content (AvgIpc) is 2.98. The number of amides is 2. The van der Waals surface area contributed by atoms with Crippen molar-refractivity contribution in [1.82, 2.24) is 20.4 Å². The monoisotopic (exact) mass is 296 g/mol. The van der Waals surface area contributed by atoms with Crippen LogP contribution in [-0.4, -0.2) is 52.7 Å². The Labute approximate surface area is 122 Å². The number of nitrogens with zero attached hydrogens (tertiary/aromatic N) is 2. The summed E-state index contributed by atoms with van der Waals surface area (Å²) >= 11 is 0. The highest BCUT2D eigenvalue weighted by Gasteiger charge is 2.47. The van der Waals surface area contributed by atoms with E-state index < -0.39 is 17.4 Å². The number of urea groups is 1. The minimum atomic E-state index is -1.08. The van der Waals surface area contributed by atoms with Crippen molar-refractivity contribution in [2.24, 2.45) is 12.5 Å². The van der Waals surface area contributed by atoms with Crippen molar-refractivity contribution in [3.63, 3.8) is 0 Å². The zero-order valence-corrected chi connectivity index (χ0v) is 12.1. The number of rotatable bonds is 5. The third-order valence-electron chi connectivity index (χ3n) is 3.71. The summed E-state index contributed by atoms with van der Waals surface area (Å²) in [5, 5.41) is 18.6. The normalized spacial score (nSPS) is 24.8. The van der Waals surface area contributed by atoms with Crippen molar-refractivity contribution in [2.45, 2.75) is 19.4 Å². The Morgan fingerprint density at radius 3 is 3.00 bits per heavy atom. The first-order chi connectivity index (χ1) is 9.91. The summed E-state index contributed by atoms with van der Waals surface area (Å²) in [6.07, 6.45) is 4.29. The quantitative estimate of drug-likeness (QED) is 0.695. The molecule has 0 aromatic carbocycles. The van der Waals surface area contributed by atoms with Crippen LogP contribution in [0.4, 0.5) is 4.79 Å². The van der Waals surface area contributed by atoms with Gasteiger partial charge >= 0.3 is 12.0 Å². The van der Waals surface area contributed by atoms with E-state index in [1.54, 1.807) is 17.8 Å². The summed E-state index contributed by atoms with van der Waals surface area (Å²) in [6.45, 7) is 2.33. The van der Waals surface area contributed by atoms with E-state index in [1.165, 1.54) is 0 Å². The molecular formula is C13H20N4O4. The zero-order chi connectivity index (χ0) is 15.5. The largest absolute Gasteiger partial charge is 0.481 e. The van der Waals surface area contributed by atoms with Crippen LogP contribution in [0.1, 0.15) is 12.5 Å². The van der Waals surface area contributed by atoms with E-state index in [-0.39, 0.29) is 19.2 Å². The fourth-order valence-corrected chi connectivity index (χ4v) is 2.22. The van der Waals surface area contributed by atoms with Crippen LogP contribution in [0.15, 0.2) is 12.4 Å². The molecule has 8 heteroatoms. The number of aromatic nitrogens is 2. The van der Waals surface area contributed by atoms with E-state index in [1.807, 2.05) is 13.2 Å². The van der Waals surface area contributed by atoms with Gasteiger partial charge in [-0.15, -0.1) is 0 Å². The van der Waals surface area contributed by atoms with Gasteiger partial charge in [-0.1, -0.05) is 0 Å². The highest BCUT2D eigenvalue weighted by atomic mass is 16.5. The number of hydrogen-bond acceptors (Lipinski definition) is 4. The molecule has 21 heavy (non-hydrogen) atoms. The van der Waals surface area contributed by atoms with Gasteiger partial charge in [-0.2, -0.15) is 5.10 Å². The zero-order valence-electron chi connectivity index (χ0n) is 12.1. The lowest BCUT2D eigenvalue weighted by Crippen LogP contribution is -2.52. The van der Waals surface area contributed by atoms with E-state index in [9.17, 15) is 14.7 Å². The number of nitrogens with one attached hydrogen (secondary N) is 2. The summed E-state index contributed by atoms with van der Waals surface area (Å²) in [7, 11) is 1.83. The first kappa shape index (κ1) is 15.3. The first-order valence-electron chi connectivity index (χ1n) is 6.75. The molecule has 8 nitrogen and oxygen atoms in total. The molecule has 2 heterocycles. The van der Waals surface area contributed by atoms with Crippen molar-refractivity contribution in [1.29, 1.82) is 0 Å². The van der Waals surface area contributed by atoms with E-state index >= 15 is 0 Å². The second-order valence-corrected chi connectivity index (χ2v) is 5.46. The highest BCUT2D eigenvalue weighted by molar-refractivity contribution is 5.79. The summed E-state index contributed by atoms with van der Waals surface area (Å²) < 4.78 is 6.88. The van der Waals surface area contributed by atoms with Crippen LogP contribution in [0, 0.1) is 5.41 Å². The maximum Gasteiger partial charge on any atom is 0.315 e. The molecule has 1 aliphatic heterocycles. The predicted molar refractivity (Wildman–Crippen MR) is 73.8 cm³/mol. The number of ether oxygens (including phenoxy) is 1. The molecule has 0 bridgehead atoms. The summed E-state index contributed by atoms with van der Waals surface area (Å²) in [5.41, 5.74) is -0.0573. The van der Waals surface area contributed by atoms with E-state index in [2.05, 4.69) is 15.7 Å². The van der Waals surface area contributed by atoms with Crippen molar-refractivity contribution < 1.29 is 19.4 Å². The van der Waals surface area contributed by atoms with Crippen LogP contribution in [0.3, 0.4) is 0 Å². The molecule has 1 fully saturated rings. The number of carboxylic acid groups (broad SMARTS) is 1. The van der Waals surface area contributed by atoms with Gasteiger partial charge in [0.25, 0.3) is 0 Å². The van der Waals surface area contributed by atoms with Crippen LogP contribution in [0.5, 0.6) is 0 Å². The molecule has 2 atom stereocenters. The molecular weight excluding hydrogens is 276 g/mol. The Hall–Kier alpha value is -2.09. The van der Waals surface area contributed by atoms with Crippen LogP contribution in [0.2, 0.25) is 0 Å². The number of carbonyl (C=O) groups is 2. The van der Waals surface area contributed by atoms with Crippen molar-refractivity contribution >= 4 is 12.0 Å². The number of carbonyl (C=O) groups excluding carboxylic acids is 1. The highest BCUT2D eigenvalue weighted by Crippen LogP contribution is 2.28. The van der Waals surface area contributed by atoms with Gasteiger partial charge in [0.15, 0.2) is 0 Å².